The molecule has 7 heteroatoms. The lowest BCUT2D eigenvalue weighted by atomic mass is 10.4. The van der Waals surface area contributed by atoms with Crippen molar-refractivity contribution < 1.29 is 13.2 Å². The number of pyridine rings is 1. The third kappa shape index (κ3) is 4.61. The normalized spacial score (nSPS) is 11.1. The Morgan fingerprint density at radius 3 is 2.67 bits per heavy atom. The number of hydrogen-bond acceptors (Lipinski definition) is 5. The van der Waals surface area contributed by atoms with Gasteiger partial charge in [-0.3, -0.25) is 10.0 Å². The smallest absolute Gasteiger partial charge is 0.229 e. The molecule has 1 rings (SSSR count). The molecular weight excluding hydrogens is 218 g/mol. The molecule has 0 amide bonds. The molecule has 0 bridgehead atoms. The van der Waals surface area contributed by atoms with Gasteiger partial charge in [0, 0.05) is 6.07 Å². The van der Waals surface area contributed by atoms with Gasteiger partial charge in [-0.2, -0.15) is 0 Å². The molecule has 84 valence electrons. The summed E-state index contributed by atoms with van der Waals surface area (Å²) < 4.78 is 29.2. The Labute approximate surface area is 88.7 Å². The second kappa shape index (κ2) is 4.94. The van der Waals surface area contributed by atoms with Crippen LogP contribution in [0, 0.1) is 0 Å². The van der Waals surface area contributed by atoms with E-state index in [4.69, 9.17) is 4.74 Å². The number of aromatic nitrogens is 1. The van der Waals surface area contributed by atoms with Crippen LogP contribution in [0.5, 0.6) is 5.88 Å². The van der Waals surface area contributed by atoms with Crippen molar-refractivity contribution in [2.75, 3.05) is 24.8 Å². The number of nitrogens with one attached hydrogen (secondary N) is 2. The molecule has 15 heavy (non-hydrogen) atoms. The van der Waals surface area contributed by atoms with Crippen LogP contribution < -0.4 is 14.8 Å². The largest absolute Gasteiger partial charge is 0.462 e. The summed E-state index contributed by atoms with van der Waals surface area (Å²) in [5.74, 6) is 0.434. The molecule has 0 unspecified atom stereocenters. The predicted molar refractivity (Wildman–Crippen MR) is 57.3 cm³/mol. The van der Waals surface area contributed by atoms with Crippen molar-refractivity contribution in [3.8, 4) is 5.88 Å². The van der Waals surface area contributed by atoms with Crippen molar-refractivity contribution in [1.82, 2.24) is 10.3 Å². The summed E-state index contributed by atoms with van der Waals surface area (Å²) in [6.45, 7) is 0.353. The van der Waals surface area contributed by atoms with Gasteiger partial charge < -0.3 is 4.74 Å². The first-order valence-corrected chi connectivity index (χ1v) is 6.11. The van der Waals surface area contributed by atoms with Crippen LogP contribution in [0.1, 0.15) is 0 Å². The fraction of sp³-hybridized carbons (Fsp3) is 0.375. The fourth-order valence-electron chi connectivity index (χ4n) is 0.886. The number of ether oxygens (including phenoxy) is 1. The van der Waals surface area contributed by atoms with E-state index in [1.54, 1.807) is 19.2 Å². The van der Waals surface area contributed by atoms with Gasteiger partial charge in [0.15, 0.2) is 0 Å². The minimum atomic E-state index is -3.25. The first-order valence-electron chi connectivity index (χ1n) is 4.22. The number of nitrogens with zero attached hydrogens (tertiary/aromatic N) is 1. The van der Waals surface area contributed by atoms with Gasteiger partial charge in [0.1, 0.15) is 6.73 Å². The van der Waals surface area contributed by atoms with Crippen molar-refractivity contribution in [2.24, 2.45) is 0 Å². The molecule has 0 radical (unpaired) electrons. The van der Waals surface area contributed by atoms with Crippen molar-refractivity contribution in [2.45, 2.75) is 0 Å². The van der Waals surface area contributed by atoms with Crippen molar-refractivity contribution in [3.05, 3.63) is 18.3 Å². The Kier molecular flexibility index (Phi) is 3.87. The zero-order chi connectivity index (χ0) is 11.3. The maximum atomic E-state index is 10.9. The summed E-state index contributed by atoms with van der Waals surface area (Å²) in [6, 6.07) is 3.17. The highest BCUT2D eigenvalue weighted by atomic mass is 32.2. The third-order valence-corrected chi connectivity index (χ3v) is 2.01. The van der Waals surface area contributed by atoms with Crippen LogP contribution in [-0.2, 0) is 10.0 Å². The van der Waals surface area contributed by atoms with E-state index in [0.717, 1.165) is 6.26 Å². The summed E-state index contributed by atoms with van der Waals surface area (Å²) in [7, 11) is -1.50. The van der Waals surface area contributed by atoms with Crippen LogP contribution in [0.3, 0.4) is 0 Å². The Morgan fingerprint density at radius 1 is 1.47 bits per heavy atom. The average Bonchev–Trinajstić information content (AvgIpc) is 2.14. The molecule has 0 atom stereocenters. The minimum Gasteiger partial charge on any atom is -0.462 e. The molecule has 6 nitrogen and oxygen atoms in total. The monoisotopic (exact) mass is 231 g/mol. The number of sulfonamides is 1. The van der Waals surface area contributed by atoms with Crippen LogP contribution in [-0.4, -0.2) is 33.4 Å². The molecule has 0 aliphatic rings. The van der Waals surface area contributed by atoms with Crippen molar-refractivity contribution in [3.63, 3.8) is 0 Å². The maximum absolute atomic E-state index is 10.9. The molecule has 0 spiro atoms. The van der Waals surface area contributed by atoms with Gasteiger partial charge >= 0.3 is 0 Å². The maximum Gasteiger partial charge on any atom is 0.229 e. The molecule has 1 aromatic heterocycles. The highest BCUT2D eigenvalue weighted by Crippen LogP contribution is 2.11. The summed E-state index contributed by atoms with van der Waals surface area (Å²) in [4.78, 5) is 3.91. The van der Waals surface area contributed by atoms with E-state index in [1.165, 1.54) is 6.20 Å². The van der Waals surface area contributed by atoms with Gasteiger partial charge in [0.2, 0.25) is 15.9 Å². The molecular formula is C8H13N3O3S. The molecule has 1 heterocycles. The quantitative estimate of drug-likeness (QED) is 0.698. The van der Waals surface area contributed by atoms with E-state index in [9.17, 15) is 8.42 Å². The molecule has 1 aromatic rings. The highest BCUT2D eigenvalue weighted by molar-refractivity contribution is 7.92. The van der Waals surface area contributed by atoms with Crippen LogP contribution in [0.2, 0.25) is 0 Å². The van der Waals surface area contributed by atoms with Gasteiger partial charge in [0.05, 0.1) is 18.1 Å². The van der Waals surface area contributed by atoms with Crippen molar-refractivity contribution >= 4 is 15.7 Å². The summed E-state index contributed by atoms with van der Waals surface area (Å²) in [5, 5.41) is 2.80. The Morgan fingerprint density at radius 2 is 2.20 bits per heavy atom. The van der Waals surface area contributed by atoms with E-state index in [1.807, 2.05) is 0 Å². The Hall–Kier alpha value is -1.34. The standard InChI is InChI=1S/C8H13N3O3S/c1-9-6-14-8-4-3-7(5-10-8)11-15(2,12)13/h3-5,9,11H,6H2,1-2H3. The molecule has 0 fully saturated rings. The number of hydrogen-bond donors (Lipinski definition) is 2. The van der Waals surface area contributed by atoms with Gasteiger partial charge in [-0.1, -0.05) is 0 Å². The molecule has 0 saturated carbocycles. The second-order valence-electron chi connectivity index (χ2n) is 2.90. The van der Waals surface area contributed by atoms with Crippen LogP contribution in [0.15, 0.2) is 18.3 Å². The molecule has 0 saturated heterocycles. The third-order valence-electron chi connectivity index (χ3n) is 1.40. The molecule has 0 aliphatic carbocycles. The first kappa shape index (κ1) is 11.7. The second-order valence-corrected chi connectivity index (χ2v) is 4.65. The van der Waals surface area contributed by atoms with E-state index >= 15 is 0 Å². The lowest BCUT2D eigenvalue weighted by Crippen LogP contribution is -2.15. The number of anilines is 1. The lowest BCUT2D eigenvalue weighted by Gasteiger charge is -2.05. The summed E-state index contributed by atoms with van der Waals surface area (Å²) in [5.41, 5.74) is 0.411. The zero-order valence-corrected chi connectivity index (χ0v) is 9.34. The van der Waals surface area contributed by atoms with Gasteiger partial charge in [-0.25, -0.2) is 13.4 Å². The fourth-order valence-corrected chi connectivity index (χ4v) is 1.44. The minimum absolute atomic E-state index is 0.353. The van der Waals surface area contributed by atoms with Gasteiger partial charge in [-0.15, -0.1) is 0 Å². The van der Waals surface area contributed by atoms with E-state index in [0.29, 0.717) is 18.3 Å². The SMILES string of the molecule is CNCOc1ccc(NS(C)(=O)=O)cn1. The lowest BCUT2D eigenvalue weighted by molar-refractivity contribution is 0.285. The van der Waals surface area contributed by atoms with Gasteiger partial charge in [0.25, 0.3) is 0 Å². The van der Waals surface area contributed by atoms with E-state index < -0.39 is 10.0 Å². The zero-order valence-electron chi connectivity index (χ0n) is 8.52. The Bertz CT molecular complexity index is 402. The highest BCUT2D eigenvalue weighted by Gasteiger charge is 2.02. The van der Waals surface area contributed by atoms with E-state index in [-0.39, 0.29) is 0 Å². The van der Waals surface area contributed by atoms with Crippen molar-refractivity contribution in [1.29, 1.82) is 0 Å². The van der Waals surface area contributed by atoms with Crippen LogP contribution in [0.25, 0.3) is 0 Å². The predicted octanol–water partition coefficient (Wildman–Crippen LogP) is 0.00880. The molecule has 2 N–H and O–H groups in total. The van der Waals surface area contributed by atoms with Crippen LogP contribution >= 0.6 is 0 Å². The average molecular weight is 231 g/mol. The summed E-state index contributed by atoms with van der Waals surface area (Å²) in [6.07, 6.45) is 2.48. The van der Waals surface area contributed by atoms with E-state index in [2.05, 4.69) is 15.0 Å². The first-order chi connectivity index (χ1) is 7.01. The van der Waals surface area contributed by atoms with Gasteiger partial charge in [-0.05, 0) is 13.1 Å². The molecule has 0 aliphatic heterocycles. The van der Waals surface area contributed by atoms with Crippen LogP contribution in [0.4, 0.5) is 5.69 Å². The topological polar surface area (TPSA) is 80.3 Å². The summed E-state index contributed by atoms with van der Waals surface area (Å²) >= 11 is 0. The number of rotatable bonds is 5. The Balaban J connectivity index is 2.64. The molecule has 0 aromatic carbocycles.